The Hall–Kier alpha value is -1.65. The molecule has 0 fully saturated rings. The predicted octanol–water partition coefficient (Wildman–Crippen LogP) is 1.06. The number of imidazole rings is 1. The van der Waals surface area contributed by atoms with E-state index in [2.05, 4.69) is 11.6 Å². The SMILES string of the molecule is C=CCc1cnc([N+](=O)[O-])n1C. The first-order valence-electron chi connectivity index (χ1n) is 3.42. The van der Waals surface area contributed by atoms with Gasteiger partial charge in [-0.3, -0.25) is 0 Å². The van der Waals surface area contributed by atoms with Gasteiger partial charge in [0.2, 0.25) is 0 Å². The van der Waals surface area contributed by atoms with Crippen LogP contribution in [0.2, 0.25) is 0 Å². The van der Waals surface area contributed by atoms with E-state index >= 15 is 0 Å². The quantitative estimate of drug-likeness (QED) is 0.384. The van der Waals surface area contributed by atoms with E-state index in [1.54, 1.807) is 13.1 Å². The number of rotatable bonds is 3. The summed E-state index contributed by atoms with van der Waals surface area (Å²) in [6.45, 7) is 3.54. The second-order valence-corrected chi connectivity index (χ2v) is 2.36. The van der Waals surface area contributed by atoms with Crippen molar-refractivity contribution in [3.63, 3.8) is 0 Å². The third-order valence-electron chi connectivity index (χ3n) is 1.58. The summed E-state index contributed by atoms with van der Waals surface area (Å²) in [6.07, 6.45) is 3.76. The van der Waals surface area contributed by atoms with Gasteiger partial charge >= 0.3 is 5.95 Å². The second kappa shape index (κ2) is 3.17. The summed E-state index contributed by atoms with van der Waals surface area (Å²) < 4.78 is 1.45. The molecule has 0 N–H and O–H groups in total. The molecule has 12 heavy (non-hydrogen) atoms. The van der Waals surface area contributed by atoms with Crippen LogP contribution < -0.4 is 0 Å². The molecule has 0 aliphatic carbocycles. The Morgan fingerprint density at radius 1 is 1.92 bits per heavy atom. The van der Waals surface area contributed by atoms with Crippen LogP contribution in [0.15, 0.2) is 18.9 Å². The molecule has 0 bridgehead atoms. The van der Waals surface area contributed by atoms with Crippen LogP contribution in [-0.2, 0) is 13.5 Å². The molecule has 0 spiro atoms. The first kappa shape index (κ1) is 8.45. The minimum Gasteiger partial charge on any atom is -0.390 e. The van der Waals surface area contributed by atoms with Gasteiger partial charge in [0.1, 0.15) is 11.9 Å². The zero-order valence-corrected chi connectivity index (χ0v) is 6.73. The standard InChI is InChI=1S/C7H9N3O2/c1-3-4-6-5-8-7(9(6)2)10(11)12/h3,5H,1,4H2,2H3. The Balaban J connectivity index is 3.03. The van der Waals surface area contributed by atoms with Crippen molar-refractivity contribution in [1.29, 1.82) is 0 Å². The molecule has 5 nitrogen and oxygen atoms in total. The van der Waals surface area contributed by atoms with Crippen LogP contribution in [0.1, 0.15) is 5.69 Å². The molecule has 1 aromatic rings. The first-order valence-corrected chi connectivity index (χ1v) is 3.42. The van der Waals surface area contributed by atoms with Crippen molar-refractivity contribution in [3.05, 3.63) is 34.7 Å². The van der Waals surface area contributed by atoms with E-state index in [0.29, 0.717) is 6.42 Å². The molecule has 0 unspecified atom stereocenters. The Labute approximate surface area is 69.5 Å². The summed E-state index contributed by atoms with van der Waals surface area (Å²) in [5, 5.41) is 10.3. The van der Waals surface area contributed by atoms with E-state index in [0.717, 1.165) is 5.69 Å². The van der Waals surface area contributed by atoms with Crippen LogP contribution in [0.25, 0.3) is 0 Å². The number of allylic oxidation sites excluding steroid dienone is 1. The maximum Gasteiger partial charge on any atom is 0.434 e. The Morgan fingerprint density at radius 3 is 3.00 bits per heavy atom. The lowest BCUT2D eigenvalue weighted by atomic mass is 10.3. The summed E-state index contributed by atoms with van der Waals surface area (Å²) in [5.74, 6) is -0.133. The third kappa shape index (κ3) is 1.34. The molecular weight excluding hydrogens is 158 g/mol. The van der Waals surface area contributed by atoms with E-state index in [4.69, 9.17) is 0 Å². The summed E-state index contributed by atoms with van der Waals surface area (Å²) in [7, 11) is 1.62. The van der Waals surface area contributed by atoms with Crippen molar-refractivity contribution >= 4 is 5.95 Å². The maximum absolute atomic E-state index is 10.3. The van der Waals surface area contributed by atoms with Crippen LogP contribution in [0.4, 0.5) is 5.95 Å². The van der Waals surface area contributed by atoms with E-state index in [1.807, 2.05) is 0 Å². The highest BCUT2D eigenvalue weighted by Gasteiger charge is 2.15. The average Bonchev–Trinajstić information content (AvgIpc) is 2.34. The van der Waals surface area contributed by atoms with Crippen LogP contribution >= 0.6 is 0 Å². The molecular formula is C7H9N3O2. The van der Waals surface area contributed by atoms with Crippen molar-refractivity contribution in [1.82, 2.24) is 9.55 Å². The summed E-state index contributed by atoms with van der Waals surface area (Å²) in [6, 6.07) is 0. The zero-order chi connectivity index (χ0) is 9.14. The van der Waals surface area contributed by atoms with Gasteiger partial charge in [-0.05, 0) is 4.92 Å². The van der Waals surface area contributed by atoms with Crippen LogP contribution in [0.3, 0.4) is 0 Å². The van der Waals surface area contributed by atoms with E-state index in [1.165, 1.54) is 10.8 Å². The molecule has 1 aromatic heterocycles. The number of nitro groups is 1. The third-order valence-corrected chi connectivity index (χ3v) is 1.58. The van der Waals surface area contributed by atoms with Gasteiger partial charge in [0, 0.05) is 6.42 Å². The highest BCUT2D eigenvalue weighted by atomic mass is 16.6. The van der Waals surface area contributed by atoms with Crippen molar-refractivity contribution in [2.75, 3.05) is 0 Å². The largest absolute Gasteiger partial charge is 0.434 e. The second-order valence-electron chi connectivity index (χ2n) is 2.36. The lowest BCUT2D eigenvalue weighted by molar-refractivity contribution is -0.396. The average molecular weight is 167 g/mol. The molecule has 64 valence electrons. The molecule has 5 heteroatoms. The summed E-state index contributed by atoms with van der Waals surface area (Å²) in [5.41, 5.74) is 0.789. The van der Waals surface area contributed by atoms with Gasteiger partial charge in [0.25, 0.3) is 0 Å². The molecule has 1 heterocycles. The minimum absolute atomic E-state index is 0.133. The summed E-state index contributed by atoms with van der Waals surface area (Å²) >= 11 is 0. The fraction of sp³-hybridized carbons (Fsp3) is 0.286. The van der Waals surface area contributed by atoms with Crippen molar-refractivity contribution in [3.8, 4) is 0 Å². The number of nitrogens with zero attached hydrogens (tertiary/aromatic N) is 3. The van der Waals surface area contributed by atoms with Gasteiger partial charge in [0.15, 0.2) is 0 Å². The van der Waals surface area contributed by atoms with Crippen LogP contribution in [-0.4, -0.2) is 14.5 Å². The van der Waals surface area contributed by atoms with Crippen LogP contribution in [0, 0.1) is 10.1 Å². The Bertz CT molecular complexity index is 316. The molecule has 0 aliphatic rings. The number of aromatic nitrogens is 2. The number of hydrogen-bond donors (Lipinski definition) is 0. The molecule has 0 aliphatic heterocycles. The zero-order valence-electron chi connectivity index (χ0n) is 6.73. The lowest BCUT2D eigenvalue weighted by Crippen LogP contribution is -2.01. The topological polar surface area (TPSA) is 61.0 Å². The maximum atomic E-state index is 10.3. The molecule has 0 atom stereocenters. The first-order chi connectivity index (χ1) is 5.66. The molecule has 0 radical (unpaired) electrons. The van der Waals surface area contributed by atoms with E-state index in [-0.39, 0.29) is 5.95 Å². The monoisotopic (exact) mass is 167 g/mol. The Kier molecular flexibility index (Phi) is 2.23. The fourth-order valence-corrected chi connectivity index (χ4v) is 0.941. The molecule has 0 saturated heterocycles. The molecule has 0 saturated carbocycles. The van der Waals surface area contributed by atoms with Gasteiger partial charge in [0.05, 0.1) is 7.05 Å². The lowest BCUT2D eigenvalue weighted by Gasteiger charge is -1.95. The van der Waals surface area contributed by atoms with Crippen LogP contribution in [0.5, 0.6) is 0 Å². The Morgan fingerprint density at radius 2 is 2.58 bits per heavy atom. The van der Waals surface area contributed by atoms with Crippen molar-refractivity contribution in [2.24, 2.45) is 7.05 Å². The van der Waals surface area contributed by atoms with Gasteiger partial charge in [-0.2, -0.15) is 0 Å². The summed E-state index contributed by atoms with van der Waals surface area (Å²) in [4.78, 5) is 13.5. The minimum atomic E-state index is -0.507. The van der Waals surface area contributed by atoms with Crippen molar-refractivity contribution < 1.29 is 4.92 Å². The van der Waals surface area contributed by atoms with Gasteiger partial charge in [-0.15, -0.1) is 6.58 Å². The molecule has 0 amide bonds. The highest BCUT2D eigenvalue weighted by Crippen LogP contribution is 2.10. The number of hydrogen-bond acceptors (Lipinski definition) is 3. The predicted molar refractivity (Wildman–Crippen MR) is 43.8 cm³/mol. The highest BCUT2D eigenvalue weighted by molar-refractivity contribution is 5.16. The molecule has 0 aromatic carbocycles. The molecule has 1 rings (SSSR count). The van der Waals surface area contributed by atoms with Gasteiger partial charge in [-0.25, -0.2) is 4.57 Å². The normalized spacial score (nSPS) is 9.75. The van der Waals surface area contributed by atoms with E-state index in [9.17, 15) is 10.1 Å². The van der Waals surface area contributed by atoms with E-state index < -0.39 is 4.92 Å². The fourth-order valence-electron chi connectivity index (χ4n) is 0.941. The van der Waals surface area contributed by atoms with Crippen molar-refractivity contribution in [2.45, 2.75) is 6.42 Å². The van der Waals surface area contributed by atoms with Gasteiger partial charge < -0.3 is 10.1 Å². The smallest absolute Gasteiger partial charge is 0.390 e. The van der Waals surface area contributed by atoms with Gasteiger partial charge in [-0.1, -0.05) is 11.1 Å².